The number of carbonyl (C=O) groups excluding carboxylic acids is 1. The highest BCUT2D eigenvalue weighted by molar-refractivity contribution is 6.35. The topological polar surface area (TPSA) is 50.2 Å². The van der Waals surface area contributed by atoms with E-state index in [1.54, 1.807) is 16.8 Å². The van der Waals surface area contributed by atoms with E-state index in [2.05, 4.69) is 10.4 Å². The van der Waals surface area contributed by atoms with Gasteiger partial charge >= 0.3 is 0 Å². The van der Waals surface area contributed by atoms with Crippen LogP contribution in [0, 0.1) is 13.8 Å². The van der Waals surface area contributed by atoms with E-state index in [4.69, 9.17) is 23.2 Å². The summed E-state index contributed by atoms with van der Waals surface area (Å²) in [5.74, 6) is 0.150. The summed E-state index contributed by atoms with van der Waals surface area (Å²) < 4.78 is 1.79. The summed E-state index contributed by atoms with van der Waals surface area (Å²) in [6, 6.07) is 5.33. The maximum atomic E-state index is 12.7. The van der Waals surface area contributed by atoms with Crippen LogP contribution in [0.3, 0.4) is 0 Å². The lowest BCUT2D eigenvalue weighted by atomic mass is 10.1. The zero-order valence-corrected chi connectivity index (χ0v) is 16.0. The molecule has 5 nitrogen and oxygen atoms in total. The highest BCUT2D eigenvalue weighted by Crippen LogP contribution is 2.27. The fourth-order valence-electron chi connectivity index (χ4n) is 3.18. The number of nitrogens with zero attached hydrogens (tertiary/aromatic N) is 3. The Morgan fingerprint density at radius 2 is 2.04 bits per heavy atom. The van der Waals surface area contributed by atoms with Gasteiger partial charge in [-0.1, -0.05) is 23.2 Å². The molecule has 1 aromatic heterocycles. The lowest BCUT2D eigenvalue weighted by molar-refractivity contribution is -0.130. The van der Waals surface area contributed by atoms with E-state index in [9.17, 15) is 4.79 Å². The molecule has 1 saturated heterocycles. The summed E-state index contributed by atoms with van der Waals surface area (Å²) in [6.45, 7) is 7.28. The zero-order valence-electron chi connectivity index (χ0n) is 14.5. The van der Waals surface area contributed by atoms with Crippen LogP contribution < -0.4 is 5.32 Å². The normalized spacial score (nSPS) is 15.3. The Bertz CT molecular complexity index is 780. The number of amides is 1. The van der Waals surface area contributed by atoms with Gasteiger partial charge in [0.15, 0.2) is 0 Å². The van der Waals surface area contributed by atoms with E-state index < -0.39 is 0 Å². The smallest absolute Gasteiger partial charge is 0.227 e. The number of carbonyl (C=O) groups is 1. The van der Waals surface area contributed by atoms with E-state index in [0.717, 1.165) is 55.2 Å². The van der Waals surface area contributed by atoms with Gasteiger partial charge in [-0.3, -0.25) is 4.79 Å². The molecule has 2 heterocycles. The number of hydrogen-bond acceptors (Lipinski definition) is 3. The largest absolute Gasteiger partial charge is 0.341 e. The first kappa shape index (κ1) is 18.2. The standard InChI is InChI=1S/C18H22Cl2N4O/c1-12-15(11-18(25)23-8-3-6-21-7-9-23)13(2)24(22-12)17-5-4-14(19)10-16(17)20/h4-5,10,21H,3,6-9,11H2,1-2H3. The molecule has 25 heavy (non-hydrogen) atoms. The fourth-order valence-corrected chi connectivity index (χ4v) is 3.67. The first-order valence-corrected chi connectivity index (χ1v) is 9.22. The molecule has 1 N–H and O–H groups in total. The summed E-state index contributed by atoms with van der Waals surface area (Å²) in [6.07, 6.45) is 1.35. The van der Waals surface area contributed by atoms with E-state index in [1.807, 2.05) is 24.8 Å². The van der Waals surface area contributed by atoms with E-state index in [-0.39, 0.29) is 5.91 Å². The van der Waals surface area contributed by atoms with Crippen molar-refractivity contribution in [3.05, 3.63) is 45.2 Å². The highest BCUT2D eigenvalue weighted by Gasteiger charge is 2.21. The second kappa shape index (κ2) is 7.77. The highest BCUT2D eigenvalue weighted by atomic mass is 35.5. The summed E-state index contributed by atoms with van der Waals surface area (Å²) >= 11 is 12.3. The number of benzene rings is 1. The molecule has 0 bridgehead atoms. The Hall–Kier alpha value is -1.56. The summed E-state index contributed by atoms with van der Waals surface area (Å²) in [7, 11) is 0. The second-order valence-electron chi connectivity index (χ2n) is 6.32. The van der Waals surface area contributed by atoms with Crippen LogP contribution in [0.1, 0.15) is 23.4 Å². The first-order valence-electron chi connectivity index (χ1n) is 8.46. The molecule has 1 fully saturated rings. The third-order valence-corrected chi connectivity index (χ3v) is 5.14. The van der Waals surface area contributed by atoms with Crippen LogP contribution in [0.25, 0.3) is 5.69 Å². The summed E-state index contributed by atoms with van der Waals surface area (Å²) in [5, 5.41) is 9.03. The number of hydrogen-bond donors (Lipinski definition) is 1. The lowest BCUT2D eigenvalue weighted by Crippen LogP contribution is -2.35. The molecule has 1 aliphatic rings. The first-order chi connectivity index (χ1) is 12.0. The monoisotopic (exact) mass is 380 g/mol. The Morgan fingerprint density at radius 3 is 2.80 bits per heavy atom. The third kappa shape index (κ3) is 4.00. The van der Waals surface area contributed by atoms with Crippen LogP contribution in [-0.4, -0.2) is 46.8 Å². The average molecular weight is 381 g/mol. The van der Waals surface area contributed by atoms with Crippen molar-refractivity contribution >= 4 is 29.1 Å². The molecule has 0 spiro atoms. The number of rotatable bonds is 3. The SMILES string of the molecule is Cc1nn(-c2ccc(Cl)cc2Cl)c(C)c1CC(=O)N1CCCNCC1. The zero-order chi connectivity index (χ0) is 18.0. The molecule has 134 valence electrons. The van der Waals surface area contributed by atoms with E-state index in [1.165, 1.54) is 0 Å². The van der Waals surface area contributed by atoms with Crippen LogP contribution in [0.15, 0.2) is 18.2 Å². The minimum atomic E-state index is 0.150. The molecule has 0 atom stereocenters. The fraction of sp³-hybridized carbons (Fsp3) is 0.444. The second-order valence-corrected chi connectivity index (χ2v) is 7.16. The third-order valence-electron chi connectivity index (χ3n) is 4.60. The Kier molecular flexibility index (Phi) is 5.67. The molecule has 1 amide bonds. The Labute approximate surface area is 157 Å². The average Bonchev–Trinajstić information content (AvgIpc) is 2.77. The van der Waals surface area contributed by atoms with Gasteiger partial charge < -0.3 is 10.2 Å². The van der Waals surface area contributed by atoms with Gasteiger partial charge in [-0.25, -0.2) is 4.68 Å². The molecule has 0 radical (unpaired) electrons. The van der Waals surface area contributed by atoms with Gasteiger partial charge in [0.2, 0.25) is 5.91 Å². The molecule has 0 saturated carbocycles. The van der Waals surface area contributed by atoms with Crippen LogP contribution in [0.2, 0.25) is 10.0 Å². The number of halogens is 2. The number of nitrogens with one attached hydrogen (secondary N) is 1. The van der Waals surface area contributed by atoms with Crippen LogP contribution in [0.5, 0.6) is 0 Å². The van der Waals surface area contributed by atoms with Crippen LogP contribution >= 0.6 is 23.2 Å². The van der Waals surface area contributed by atoms with Crippen LogP contribution in [-0.2, 0) is 11.2 Å². The Morgan fingerprint density at radius 1 is 1.24 bits per heavy atom. The predicted octanol–water partition coefficient (Wildman–Crippen LogP) is 3.16. The summed E-state index contributed by atoms with van der Waals surface area (Å²) in [4.78, 5) is 14.6. The van der Waals surface area contributed by atoms with Crippen molar-refractivity contribution in [1.82, 2.24) is 20.0 Å². The molecule has 7 heteroatoms. The maximum Gasteiger partial charge on any atom is 0.227 e. The molecule has 0 aliphatic carbocycles. The molecule has 3 rings (SSSR count). The van der Waals surface area contributed by atoms with Gasteiger partial charge in [0.1, 0.15) is 0 Å². The van der Waals surface area contributed by atoms with Crippen molar-refractivity contribution in [3.63, 3.8) is 0 Å². The van der Waals surface area contributed by atoms with Gasteiger partial charge in [0, 0.05) is 35.9 Å². The molecule has 1 aromatic carbocycles. The van der Waals surface area contributed by atoms with Crippen LogP contribution in [0.4, 0.5) is 0 Å². The number of aromatic nitrogens is 2. The summed E-state index contributed by atoms with van der Waals surface area (Å²) in [5.41, 5.74) is 3.52. The van der Waals surface area contributed by atoms with Gasteiger partial charge in [-0.15, -0.1) is 0 Å². The minimum Gasteiger partial charge on any atom is -0.341 e. The molecule has 0 unspecified atom stereocenters. The minimum absolute atomic E-state index is 0.150. The van der Waals surface area contributed by atoms with Crippen molar-refractivity contribution in [3.8, 4) is 5.69 Å². The molecule has 1 aliphatic heterocycles. The van der Waals surface area contributed by atoms with E-state index >= 15 is 0 Å². The van der Waals surface area contributed by atoms with E-state index in [0.29, 0.717) is 16.5 Å². The van der Waals surface area contributed by atoms with Gasteiger partial charge in [-0.2, -0.15) is 5.10 Å². The number of aryl methyl sites for hydroxylation is 1. The van der Waals surface area contributed by atoms with Gasteiger partial charge in [-0.05, 0) is 45.0 Å². The van der Waals surface area contributed by atoms with Crippen molar-refractivity contribution in [2.24, 2.45) is 0 Å². The molecule has 2 aromatic rings. The van der Waals surface area contributed by atoms with Gasteiger partial charge in [0.05, 0.1) is 22.8 Å². The van der Waals surface area contributed by atoms with Crippen molar-refractivity contribution in [2.75, 3.05) is 26.2 Å². The predicted molar refractivity (Wildman–Crippen MR) is 101 cm³/mol. The lowest BCUT2D eigenvalue weighted by Gasteiger charge is -2.20. The Balaban J connectivity index is 1.85. The van der Waals surface area contributed by atoms with Crippen molar-refractivity contribution in [2.45, 2.75) is 26.7 Å². The molecular formula is C18H22Cl2N4O. The van der Waals surface area contributed by atoms with Crippen molar-refractivity contribution in [1.29, 1.82) is 0 Å². The van der Waals surface area contributed by atoms with Gasteiger partial charge in [0.25, 0.3) is 0 Å². The molecular weight excluding hydrogens is 359 g/mol. The van der Waals surface area contributed by atoms with Crippen molar-refractivity contribution < 1.29 is 4.79 Å². The quantitative estimate of drug-likeness (QED) is 0.889. The maximum absolute atomic E-state index is 12.7.